The summed E-state index contributed by atoms with van der Waals surface area (Å²) in [5, 5.41) is 0. The van der Waals surface area contributed by atoms with Crippen LogP contribution in [0.5, 0.6) is 0 Å². The van der Waals surface area contributed by atoms with Gasteiger partial charge in [-0.25, -0.2) is 0 Å². The Hall–Kier alpha value is -1.96. The monoisotopic (exact) mass is 212 g/mol. The van der Waals surface area contributed by atoms with Crippen LogP contribution in [0.2, 0.25) is 0 Å². The van der Waals surface area contributed by atoms with Gasteiger partial charge in [0, 0.05) is 11.4 Å². The van der Waals surface area contributed by atoms with E-state index in [2.05, 4.69) is 6.92 Å². The average molecular weight is 212 g/mol. The molecule has 82 valence electrons. The van der Waals surface area contributed by atoms with Crippen molar-refractivity contribution in [3.63, 3.8) is 0 Å². The van der Waals surface area contributed by atoms with Crippen molar-refractivity contribution < 1.29 is 0 Å². The predicted octanol–water partition coefficient (Wildman–Crippen LogP) is 3.13. The van der Waals surface area contributed by atoms with E-state index in [1.165, 1.54) is 11.1 Å². The molecular formula is C14H16N2. The van der Waals surface area contributed by atoms with Crippen LogP contribution in [-0.2, 0) is 0 Å². The summed E-state index contributed by atoms with van der Waals surface area (Å²) in [5.74, 6) is 0. The molecule has 2 heteroatoms. The Morgan fingerprint density at radius 2 is 1.44 bits per heavy atom. The summed E-state index contributed by atoms with van der Waals surface area (Å²) in [6.45, 7) is 4.14. The van der Waals surface area contributed by atoms with E-state index < -0.39 is 0 Å². The van der Waals surface area contributed by atoms with E-state index >= 15 is 0 Å². The zero-order chi connectivity index (χ0) is 11.7. The molecule has 2 nitrogen and oxygen atoms in total. The van der Waals surface area contributed by atoms with Gasteiger partial charge in [0.1, 0.15) is 0 Å². The molecule has 0 radical (unpaired) electrons. The van der Waals surface area contributed by atoms with Gasteiger partial charge in [-0.05, 0) is 54.3 Å². The van der Waals surface area contributed by atoms with Crippen molar-refractivity contribution in [2.24, 2.45) is 0 Å². The summed E-state index contributed by atoms with van der Waals surface area (Å²) in [7, 11) is 0. The van der Waals surface area contributed by atoms with Gasteiger partial charge in [0.15, 0.2) is 0 Å². The number of hydrogen-bond donors (Lipinski definition) is 2. The Bertz CT molecular complexity index is 513. The lowest BCUT2D eigenvalue weighted by Gasteiger charge is -2.12. The van der Waals surface area contributed by atoms with E-state index in [9.17, 15) is 0 Å². The molecule has 0 bridgehead atoms. The second-order valence-electron chi connectivity index (χ2n) is 4.09. The van der Waals surface area contributed by atoms with Crippen molar-refractivity contribution in [2.45, 2.75) is 13.8 Å². The highest BCUT2D eigenvalue weighted by molar-refractivity contribution is 5.76. The van der Waals surface area contributed by atoms with E-state index in [-0.39, 0.29) is 0 Å². The molecule has 0 spiro atoms. The molecule has 0 fully saturated rings. The summed E-state index contributed by atoms with van der Waals surface area (Å²) < 4.78 is 0. The van der Waals surface area contributed by atoms with Crippen LogP contribution in [-0.4, -0.2) is 0 Å². The van der Waals surface area contributed by atoms with E-state index in [4.69, 9.17) is 11.5 Å². The first-order valence-electron chi connectivity index (χ1n) is 5.31. The fourth-order valence-electron chi connectivity index (χ4n) is 1.96. The molecule has 0 atom stereocenters. The molecule has 0 aliphatic heterocycles. The zero-order valence-corrected chi connectivity index (χ0v) is 9.62. The Labute approximate surface area is 95.9 Å². The second-order valence-corrected chi connectivity index (χ2v) is 4.09. The van der Waals surface area contributed by atoms with Crippen LogP contribution in [0.3, 0.4) is 0 Å². The maximum Gasteiger partial charge on any atom is 0.0350 e. The van der Waals surface area contributed by atoms with Gasteiger partial charge in [-0.2, -0.15) is 0 Å². The van der Waals surface area contributed by atoms with E-state index in [0.717, 1.165) is 22.5 Å². The minimum atomic E-state index is 0.781. The minimum Gasteiger partial charge on any atom is -0.399 e. The Kier molecular flexibility index (Phi) is 2.57. The van der Waals surface area contributed by atoms with Gasteiger partial charge in [0.05, 0.1) is 0 Å². The van der Waals surface area contributed by atoms with Gasteiger partial charge in [-0.15, -0.1) is 0 Å². The topological polar surface area (TPSA) is 52.0 Å². The number of aryl methyl sites for hydroxylation is 1. The molecule has 0 aromatic heterocycles. The number of rotatable bonds is 1. The maximum absolute atomic E-state index is 5.93. The molecule has 0 aliphatic carbocycles. The molecule has 4 N–H and O–H groups in total. The first-order valence-corrected chi connectivity index (χ1v) is 5.31. The van der Waals surface area contributed by atoms with Crippen molar-refractivity contribution >= 4 is 11.4 Å². The molecule has 0 heterocycles. The number of anilines is 2. The third-order valence-corrected chi connectivity index (χ3v) is 2.91. The molecular weight excluding hydrogens is 196 g/mol. The van der Waals surface area contributed by atoms with Gasteiger partial charge >= 0.3 is 0 Å². The van der Waals surface area contributed by atoms with Gasteiger partial charge in [-0.3, -0.25) is 0 Å². The zero-order valence-electron chi connectivity index (χ0n) is 9.62. The van der Waals surface area contributed by atoms with Crippen molar-refractivity contribution in [1.29, 1.82) is 0 Å². The van der Waals surface area contributed by atoms with Gasteiger partial charge in [0.2, 0.25) is 0 Å². The second kappa shape index (κ2) is 3.89. The summed E-state index contributed by atoms with van der Waals surface area (Å²) in [6, 6.07) is 11.9. The summed E-state index contributed by atoms with van der Waals surface area (Å²) in [4.78, 5) is 0. The number of nitrogen functional groups attached to an aromatic ring is 2. The SMILES string of the molecule is Cc1ccc(N)c(C)c1-c1ccc(N)cc1. The smallest absolute Gasteiger partial charge is 0.0350 e. The van der Waals surface area contributed by atoms with E-state index in [0.29, 0.717) is 0 Å². The normalized spacial score (nSPS) is 10.4. The number of nitrogens with two attached hydrogens (primary N) is 2. The molecule has 0 amide bonds. The first kappa shape index (κ1) is 10.6. The van der Waals surface area contributed by atoms with Crippen LogP contribution in [0.4, 0.5) is 11.4 Å². The molecule has 16 heavy (non-hydrogen) atoms. The van der Waals surface area contributed by atoms with Crippen molar-refractivity contribution in [3.05, 3.63) is 47.5 Å². The molecule has 2 aromatic carbocycles. The Balaban J connectivity index is 2.63. The van der Waals surface area contributed by atoms with E-state index in [1.807, 2.05) is 43.3 Å². The van der Waals surface area contributed by atoms with Gasteiger partial charge in [-0.1, -0.05) is 18.2 Å². The maximum atomic E-state index is 5.93. The Morgan fingerprint density at radius 1 is 0.812 bits per heavy atom. The van der Waals surface area contributed by atoms with Crippen LogP contribution < -0.4 is 11.5 Å². The fraction of sp³-hybridized carbons (Fsp3) is 0.143. The lowest BCUT2D eigenvalue weighted by Crippen LogP contribution is -1.95. The molecule has 0 unspecified atom stereocenters. The third kappa shape index (κ3) is 1.74. The first-order chi connectivity index (χ1) is 7.59. The standard InChI is InChI=1S/C14H16N2/c1-9-3-8-13(16)10(2)14(9)11-4-6-12(15)7-5-11/h3-8H,15-16H2,1-2H3. The number of benzene rings is 2. The lowest BCUT2D eigenvalue weighted by molar-refractivity contribution is 1.38. The molecule has 0 saturated heterocycles. The van der Waals surface area contributed by atoms with Crippen LogP contribution in [0.25, 0.3) is 11.1 Å². The van der Waals surface area contributed by atoms with Crippen molar-refractivity contribution in [2.75, 3.05) is 11.5 Å². The van der Waals surface area contributed by atoms with Crippen molar-refractivity contribution in [1.82, 2.24) is 0 Å². The van der Waals surface area contributed by atoms with Gasteiger partial charge in [0.25, 0.3) is 0 Å². The highest BCUT2D eigenvalue weighted by Crippen LogP contribution is 2.30. The third-order valence-electron chi connectivity index (χ3n) is 2.91. The molecule has 2 aromatic rings. The average Bonchev–Trinajstić information content (AvgIpc) is 2.27. The largest absolute Gasteiger partial charge is 0.399 e. The van der Waals surface area contributed by atoms with Gasteiger partial charge < -0.3 is 11.5 Å². The van der Waals surface area contributed by atoms with Crippen molar-refractivity contribution in [3.8, 4) is 11.1 Å². The molecule has 2 rings (SSSR count). The highest BCUT2D eigenvalue weighted by atomic mass is 14.6. The summed E-state index contributed by atoms with van der Waals surface area (Å²) in [5.41, 5.74) is 18.0. The Morgan fingerprint density at radius 3 is 2.06 bits per heavy atom. The quantitative estimate of drug-likeness (QED) is 0.713. The predicted molar refractivity (Wildman–Crippen MR) is 70.2 cm³/mol. The lowest BCUT2D eigenvalue weighted by atomic mass is 9.94. The van der Waals surface area contributed by atoms with Crippen LogP contribution in [0.15, 0.2) is 36.4 Å². The highest BCUT2D eigenvalue weighted by Gasteiger charge is 2.07. The van der Waals surface area contributed by atoms with E-state index in [1.54, 1.807) is 0 Å². The molecule has 0 saturated carbocycles. The van der Waals surface area contributed by atoms with Crippen LogP contribution in [0.1, 0.15) is 11.1 Å². The summed E-state index contributed by atoms with van der Waals surface area (Å²) in [6.07, 6.45) is 0. The number of hydrogen-bond acceptors (Lipinski definition) is 2. The summed E-state index contributed by atoms with van der Waals surface area (Å²) >= 11 is 0. The minimum absolute atomic E-state index is 0.781. The van der Waals surface area contributed by atoms with Crippen LogP contribution >= 0.6 is 0 Å². The molecule has 0 aliphatic rings. The van der Waals surface area contributed by atoms with Crippen LogP contribution in [0, 0.1) is 13.8 Å². The fourth-order valence-corrected chi connectivity index (χ4v) is 1.96.